The number of nitro benzene ring substituents is 1. The van der Waals surface area contributed by atoms with Gasteiger partial charge in [0.05, 0.1) is 22.9 Å². The number of non-ortho nitro benzene ring substituents is 1. The summed E-state index contributed by atoms with van der Waals surface area (Å²) in [6.07, 6.45) is 0. The first-order chi connectivity index (χ1) is 13.6. The predicted octanol–water partition coefficient (Wildman–Crippen LogP) is 4.46. The highest BCUT2D eigenvalue weighted by atomic mass is 32.1. The zero-order valence-corrected chi connectivity index (χ0v) is 15.6. The molecule has 1 aromatic heterocycles. The van der Waals surface area contributed by atoms with E-state index in [0.717, 1.165) is 5.75 Å². The van der Waals surface area contributed by atoms with Crippen molar-refractivity contribution in [1.29, 1.82) is 5.26 Å². The van der Waals surface area contributed by atoms with Crippen molar-refractivity contribution < 1.29 is 9.66 Å². The van der Waals surface area contributed by atoms with Gasteiger partial charge < -0.3 is 4.74 Å². The van der Waals surface area contributed by atoms with Gasteiger partial charge >= 0.3 is 0 Å². The number of hydrogen-bond donors (Lipinski definition) is 1. The summed E-state index contributed by atoms with van der Waals surface area (Å²) in [5, 5.41) is 26.6. The van der Waals surface area contributed by atoms with Crippen LogP contribution in [-0.2, 0) is 0 Å². The fourth-order valence-corrected chi connectivity index (χ4v) is 3.09. The molecule has 0 aliphatic heterocycles. The maximum absolute atomic E-state index is 10.9. The minimum atomic E-state index is -0.459. The van der Waals surface area contributed by atoms with Gasteiger partial charge in [-0.25, -0.2) is 4.98 Å². The second-order valence-electron chi connectivity index (χ2n) is 5.49. The second kappa shape index (κ2) is 8.75. The molecule has 1 N–H and O–H groups in total. The van der Waals surface area contributed by atoms with E-state index in [4.69, 9.17) is 4.74 Å². The molecule has 0 aliphatic carbocycles. The van der Waals surface area contributed by atoms with Gasteiger partial charge in [0.25, 0.3) is 5.69 Å². The third-order valence-electron chi connectivity index (χ3n) is 3.63. The van der Waals surface area contributed by atoms with Crippen molar-refractivity contribution in [2.24, 2.45) is 5.10 Å². The summed E-state index contributed by atoms with van der Waals surface area (Å²) in [7, 11) is 0. The Labute approximate surface area is 164 Å². The monoisotopic (exact) mass is 393 g/mol. The first-order valence-corrected chi connectivity index (χ1v) is 9.16. The largest absolute Gasteiger partial charge is 0.494 e. The van der Waals surface area contributed by atoms with Crippen molar-refractivity contribution in [3.8, 4) is 23.1 Å². The quantitative estimate of drug-likeness (QED) is 0.360. The molecule has 0 fully saturated rings. The van der Waals surface area contributed by atoms with Crippen LogP contribution in [0.25, 0.3) is 11.3 Å². The molecule has 3 aromatic rings. The standard InChI is InChI=1S/C19H15N5O3S/c1-2-27-16-8-6-14(7-9-16)22-23-17(11-20)19-21-18(12-28-19)13-4-3-5-15(10-13)24(25)26/h3-10,12,22H,2H2,1H3. The Balaban J connectivity index is 1.78. The molecular formula is C19H15N5O3S. The number of aromatic nitrogens is 1. The third-order valence-corrected chi connectivity index (χ3v) is 4.48. The molecule has 3 rings (SSSR count). The first-order valence-electron chi connectivity index (χ1n) is 8.28. The highest BCUT2D eigenvalue weighted by Gasteiger charge is 2.13. The van der Waals surface area contributed by atoms with Gasteiger partial charge in [0.1, 0.15) is 11.8 Å². The van der Waals surface area contributed by atoms with Crippen LogP contribution in [0.3, 0.4) is 0 Å². The Morgan fingerprint density at radius 3 is 2.82 bits per heavy atom. The summed E-state index contributed by atoms with van der Waals surface area (Å²) < 4.78 is 5.38. The third kappa shape index (κ3) is 4.49. The number of nitrogens with one attached hydrogen (secondary N) is 1. The van der Waals surface area contributed by atoms with Crippen LogP contribution >= 0.6 is 11.3 Å². The molecule has 9 heteroatoms. The van der Waals surface area contributed by atoms with Crippen LogP contribution in [0.2, 0.25) is 0 Å². The summed E-state index contributed by atoms with van der Waals surface area (Å²) >= 11 is 1.24. The van der Waals surface area contributed by atoms with Crippen LogP contribution in [0.1, 0.15) is 11.9 Å². The number of nitro groups is 1. The Morgan fingerprint density at radius 2 is 2.14 bits per heavy atom. The molecule has 0 radical (unpaired) electrons. The minimum Gasteiger partial charge on any atom is -0.494 e. The molecule has 0 unspecified atom stereocenters. The molecule has 28 heavy (non-hydrogen) atoms. The highest BCUT2D eigenvalue weighted by Crippen LogP contribution is 2.25. The predicted molar refractivity (Wildman–Crippen MR) is 108 cm³/mol. The van der Waals surface area contributed by atoms with E-state index in [1.54, 1.807) is 41.8 Å². The second-order valence-corrected chi connectivity index (χ2v) is 6.34. The zero-order valence-electron chi connectivity index (χ0n) is 14.8. The topological polar surface area (TPSA) is 113 Å². The number of anilines is 1. The molecule has 0 amide bonds. The highest BCUT2D eigenvalue weighted by molar-refractivity contribution is 7.12. The minimum absolute atomic E-state index is 0.0154. The van der Waals surface area contributed by atoms with Crippen LogP contribution in [0.4, 0.5) is 11.4 Å². The Kier molecular flexibility index (Phi) is 5.94. The van der Waals surface area contributed by atoms with Crippen molar-refractivity contribution in [1.82, 2.24) is 4.98 Å². The maximum atomic E-state index is 10.9. The molecule has 2 aromatic carbocycles. The molecule has 0 aliphatic rings. The van der Waals surface area contributed by atoms with E-state index in [1.165, 1.54) is 23.5 Å². The van der Waals surface area contributed by atoms with Gasteiger partial charge in [-0.05, 0) is 31.2 Å². The molecule has 0 saturated carbocycles. The summed E-state index contributed by atoms with van der Waals surface area (Å²) in [5.74, 6) is 0.749. The summed E-state index contributed by atoms with van der Waals surface area (Å²) in [6, 6.07) is 15.4. The summed E-state index contributed by atoms with van der Waals surface area (Å²) in [5.41, 5.74) is 4.78. The van der Waals surface area contributed by atoms with Gasteiger partial charge in [-0.2, -0.15) is 10.4 Å². The number of nitrogens with zero attached hydrogens (tertiary/aromatic N) is 4. The molecule has 0 bridgehead atoms. The van der Waals surface area contributed by atoms with Gasteiger partial charge in [0.2, 0.25) is 0 Å². The number of nitriles is 1. The molecule has 0 atom stereocenters. The lowest BCUT2D eigenvalue weighted by atomic mass is 10.1. The van der Waals surface area contributed by atoms with E-state index in [1.807, 2.05) is 13.0 Å². The van der Waals surface area contributed by atoms with Crippen molar-refractivity contribution in [2.75, 3.05) is 12.0 Å². The van der Waals surface area contributed by atoms with Crippen molar-refractivity contribution in [3.63, 3.8) is 0 Å². The van der Waals surface area contributed by atoms with E-state index in [-0.39, 0.29) is 11.4 Å². The smallest absolute Gasteiger partial charge is 0.270 e. The average molecular weight is 393 g/mol. The molecule has 1 heterocycles. The Bertz CT molecular complexity index is 1050. The SMILES string of the molecule is CCOc1ccc(NN=C(C#N)c2nc(-c3cccc([N+](=O)[O-])c3)cs2)cc1. The number of thiazole rings is 1. The molecular weight excluding hydrogens is 378 g/mol. The van der Waals surface area contributed by atoms with E-state index in [2.05, 4.69) is 15.5 Å². The van der Waals surface area contributed by atoms with Gasteiger partial charge in [-0.3, -0.25) is 15.5 Å². The van der Waals surface area contributed by atoms with Gasteiger partial charge in [0, 0.05) is 23.1 Å². The molecule has 8 nitrogen and oxygen atoms in total. The van der Waals surface area contributed by atoms with Gasteiger partial charge in [-0.1, -0.05) is 12.1 Å². The van der Waals surface area contributed by atoms with Gasteiger partial charge in [-0.15, -0.1) is 11.3 Å². The lowest BCUT2D eigenvalue weighted by Crippen LogP contribution is -2.01. The van der Waals surface area contributed by atoms with E-state index in [9.17, 15) is 15.4 Å². The van der Waals surface area contributed by atoms with Crippen LogP contribution in [0.15, 0.2) is 59.0 Å². The number of hydrogen-bond acceptors (Lipinski definition) is 8. The lowest BCUT2D eigenvalue weighted by molar-refractivity contribution is -0.384. The number of ether oxygens (including phenoxy) is 1. The fraction of sp³-hybridized carbons (Fsp3) is 0.105. The Hall–Kier alpha value is -3.77. The normalized spacial score (nSPS) is 10.9. The number of hydrazone groups is 1. The van der Waals surface area contributed by atoms with E-state index in [0.29, 0.717) is 28.6 Å². The lowest BCUT2D eigenvalue weighted by Gasteiger charge is -2.04. The molecule has 0 saturated heterocycles. The zero-order chi connectivity index (χ0) is 19.9. The van der Waals surface area contributed by atoms with Crippen molar-refractivity contribution >= 4 is 28.4 Å². The van der Waals surface area contributed by atoms with Crippen LogP contribution in [0, 0.1) is 21.4 Å². The van der Waals surface area contributed by atoms with Crippen molar-refractivity contribution in [2.45, 2.75) is 6.92 Å². The first kappa shape index (κ1) is 19.0. The van der Waals surface area contributed by atoms with E-state index >= 15 is 0 Å². The van der Waals surface area contributed by atoms with Crippen LogP contribution in [-0.4, -0.2) is 22.2 Å². The number of benzene rings is 2. The number of rotatable bonds is 7. The van der Waals surface area contributed by atoms with Crippen LogP contribution < -0.4 is 10.2 Å². The maximum Gasteiger partial charge on any atom is 0.270 e. The Morgan fingerprint density at radius 1 is 1.36 bits per heavy atom. The fourth-order valence-electron chi connectivity index (χ4n) is 2.33. The molecule has 140 valence electrons. The summed E-state index contributed by atoms with van der Waals surface area (Å²) in [6.45, 7) is 2.49. The summed E-state index contributed by atoms with van der Waals surface area (Å²) in [4.78, 5) is 14.9. The van der Waals surface area contributed by atoms with Crippen LogP contribution in [0.5, 0.6) is 5.75 Å². The van der Waals surface area contributed by atoms with Gasteiger partial charge in [0.15, 0.2) is 10.7 Å². The molecule has 0 spiro atoms. The average Bonchev–Trinajstić information content (AvgIpc) is 3.20. The van der Waals surface area contributed by atoms with E-state index < -0.39 is 4.92 Å². The van der Waals surface area contributed by atoms with Crippen molar-refractivity contribution in [3.05, 3.63) is 69.0 Å².